The molecule has 2 aliphatic heterocycles. The first-order chi connectivity index (χ1) is 15.6. The predicted octanol–water partition coefficient (Wildman–Crippen LogP) is 4.40. The molecule has 1 unspecified atom stereocenters. The molecule has 1 aromatic carbocycles. The van der Waals surface area contributed by atoms with Gasteiger partial charge < -0.3 is 15.0 Å². The molecule has 164 valence electrons. The Balaban J connectivity index is 1.24. The van der Waals surface area contributed by atoms with Crippen molar-refractivity contribution in [1.29, 1.82) is 0 Å². The number of ether oxygens (including phenoxy) is 1. The SMILES string of the molecule is Cc1c(C(=O)N2CCC3(C=Cc4ccccc43)CC2)sc2ncnc(NC3CCOC3)c12. The fourth-order valence-corrected chi connectivity index (χ4v) is 6.47. The summed E-state index contributed by atoms with van der Waals surface area (Å²) in [6.45, 7) is 5.01. The van der Waals surface area contributed by atoms with E-state index in [9.17, 15) is 4.79 Å². The zero-order valence-electron chi connectivity index (χ0n) is 18.1. The van der Waals surface area contributed by atoms with E-state index in [2.05, 4.69) is 51.7 Å². The lowest BCUT2D eigenvalue weighted by Gasteiger charge is -2.39. The third-order valence-electron chi connectivity index (χ3n) is 7.21. The van der Waals surface area contributed by atoms with Gasteiger partial charge in [0.1, 0.15) is 17.0 Å². The van der Waals surface area contributed by atoms with Gasteiger partial charge in [0.25, 0.3) is 5.91 Å². The number of likely N-dealkylation sites (tertiary alicyclic amines) is 1. The molecule has 7 heteroatoms. The highest BCUT2D eigenvalue weighted by molar-refractivity contribution is 7.20. The van der Waals surface area contributed by atoms with Crippen molar-refractivity contribution in [2.24, 2.45) is 0 Å². The molecule has 1 spiro atoms. The number of nitrogens with one attached hydrogen (secondary N) is 1. The Labute approximate surface area is 191 Å². The van der Waals surface area contributed by atoms with Gasteiger partial charge in [-0.25, -0.2) is 9.97 Å². The number of allylic oxidation sites excluding steroid dienone is 1. The van der Waals surface area contributed by atoms with Crippen LogP contribution in [-0.4, -0.2) is 53.1 Å². The van der Waals surface area contributed by atoms with Gasteiger partial charge in [0.15, 0.2) is 0 Å². The maximum Gasteiger partial charge on any atom is 0.264 e. The van der Waals surface area contributed by atoms with Crippen molar-refractivity contribution in [2.75, 3.05) is 31.6 Å². The van der Waals surface area contributed by atoms with Crippen molar-refractivity contribution in [3.8, 4) is 0 Å². The van der Waals surface area contributed by atoms with Crippen LogP contribution in [0.15, 0.2) is 36.7 Å². The van der Waals surface area contributed by atoms with Crippen molar-refractivity contribution >= 4 is 39.4 Å². The molecule has 32 heavy (non-hydrogen) atoms. The molecule has 1 N–H and O–H groups in total. The predicted molar refractivity (Wildman–Crippen MR) is 127 cm³/mol. The number of piperidine rings is 1. The zero-order chi connectivity index (χ0) is 21.7. The molecule has 6 rings (SSSR count). The van der Waals surface area contributed by atoms with E-state index in [0.717, 1.165) is 65.4 Å². The monoisotopic (exact) mass is 446 g/mol. The molecule has 1 amide bonds. The first kappa shape index (κ1) is 19.9. The first-order valence-electron chi connectivity index (χ1n) is 11.3. The van der Waals surface area contributed by atoms with E-state index >= 15 is 0 Å². The van der Waals surface area contributed by atoms with Crippen molar-refractivity contribution in [3.63, 3.8) is 0 Å². The van der Waals surface area contributed by atoms with E-state index in [-0.39, 0.29) is 17.4 Å². The highest BCUT2D eigenvalue weighted by Crippen LogP contribution is 2.44. The first-order valence-corrected chi connectivity index (χ1v) is 12.1. The lowest BCUT2D eigenvalue weighted by Crippen LogP contribution is -2.43. The molecule has 0 saturated carbocycles. The molecule has 4 heterocycles. The van der Waals surface area contributed by atoms with E-state index in [1.165, 1.54) is 22.5 Å². The molecular formula is C25H26N4O2S. The van der Waals surface area contributed by atoms with Crippen LogP contribution in [0.5, 0.6) is 0 Å². The van der Waals surface area contributed by atoms with Gasteiger partial charge in [-0.2, -0.15) is 0 Å². The van der Waals surface area contributed by atoms with Crippen LogP contribution < -0.4 is 5.32 Å². The molecule has 2 saturated heterocycles. The van der Waals surface area contributed by atoms with E-state index in [1.54, 1.807) is 6.33 Å². The largest absolute Gasteiger partial charge is 0.379 e. The number of amides is 1. The van der Waals surface area contributed by atoms with E-state index in [1.807, 2.05) is 11.8 Å². The van der Waals surface area contributed by atoms with Gasteiger partial charge in [0.2, 0.25) is 0 Å². The number of hydrogen-bond acceptors (Lipinski definition) is 6. The van der Waals surface area contributed by atoms with E-state index in [4.69, 9.17) is 4.74 Å². The van der Waals surface area contributed by atoms with Gasteiger partial charge in [0, 0.05) is 25.1 Å². The molecule has 6 nitrogen and oxygen atoms in total. The van der Waals surface area contributed by atoms with Gasteiger partial charge in [0.05, 0.1) is 22.9 Å². The maximum atomic E-state index is 13.5. The summed E-state index contributed by atoms with van der Waals surface area (Å²) in [4.78, 5) is 26.1. The zero-order valence-corrected chi connectivity index (χ0v) is 19.0. The van der Waals surface area contributed by atoms with Crippen LogP contribution in [-0.2, 0) is 10.2 Å². The second-order valence-electron chi connectivity index (χ2n) is 9.03. The minimum Gasteiger partial charge on any atom is -0.379 e. The molecule has 2 fully saturated rings. The normalized spacial score (nSPS) is 21.4. The number of rotatable bonds is 3. The Morgan fingerprint density at radius 2 is 2.09 bits per heavy atom. The lowest BCUT2D eigenvalue weighted by atomic mass is 9.74. The molecular weight excluding hydrogens is 420 g/mol. The summed E-state index contributed by atoms with van der Waals surface area (Å²) in [5, 5.41) is 4.46. The van der Waals surface area contributed by atoms with Crippen molar-refractivity contribution in [2.45, 2.75) is 37.6 Å². The third-order valence-corrected chi connectivity index (χ3v) is 8.40. The number of carbonyl (C=O) groups is 1. The number of thiophene rings is 1. The maximum absolute atomic E-state index is 13.5. The second-order valence-corrected chi connectivity index (χ2v) is 10.0. The van der Waals surface area contributed by atoms with Gasteiger partial charge in [-0.3, -0.25) is 4.79 Å². The summed E-state index contributed by atoms with van der Waals surface area (Å²) >= 11 is 1.48. The minimum atomic E-state index is 0.0779. The summed E-state index contributed by atoms with van der Waals surface area (Å²) in [7, 11) is 0. The minimum absolute atomic E-state index is 0.0779. The second kappa shape index (κ2) is 7.67. The number of nitrogens with zero attached hydrogens (tertiary/aromatic N) is 3. The van der Waals surface area contributed by atoms with Crippen LogP contribution >= 0.6 is 11.3 Å². The van der Waals surface area contributed by atoms with Gasteiger partial charge in [-0.05, 0) is 42.9 Å². The average Bonchev–Trinajstić information content (AvgIpc) is 3.54. The highest BCUT2D eigenvalue weighted by atomic mass is 32.1. The van der Waals surface area contributed by atoms with E-state index < -0.39 is 0 Å². The molecule has 1 aliphatic carbocycles. The molecule has 3 aliphatic rings. The Morgan fingerprint density at radius 3 is 2.91 bits per heavy atom. The van der Waals surface area contributed by atoms with Crippen LogP contribution in [0.25, 0.3) is 16.3 Å². The number of hydrogen-bond donors (Lipinski definition) is 1. The number of fused-ring (bicyclic) bond motifs is 3. The van der Waals surface area contributed by atoms with Gasteiger partial charge in [-0.15, -0.1) is 11.3 Å². The number of aromatic nitrogens is 2. The Hall–Kier alpha value is -2.77. The fraction of sp³-hybridized carbons (Fsp3) is 0.400. The van der Waals surface area contributed by atoms with Crippen LogP contribution in [0.3, 0.4) is 0 Å². The number of benzene rings is 1. The highest BCUT2D eigenvalue weighted by Gasteiger charge is 2.39. The molecule has 1 atom stereocenters. The van der Waals surface area contributed by atoms with Crippen LogP contribution in [0.1, 0.15) is 45.6 Å². The van der Waals surface area contributed by atoms with Crippen molar-refractivity contribution < 1.29 is 9.53 Å². The fourth-order valence-electron chi connectivity index (χ4n) is 5.35. The quantitative estimate of drug-likeness (QED) is 0.646. The standard InChI is InChI=1S/C25H26N4O2S/c1-16-20-22(28-18-7-13-31-14-18)26-15-27-23(20)32-21(16)24(30)29-11-9-25(10-12-29)8-6-17-4-2-3-5-19(17)25/h2-6,8,15,18H,7,9-14H2,1H3,(H,26,27,28). The number of anilines is 1. The summed E-state index contributed by atoms with van der Waals surface area (Å²) in [6, 6.07) is 8.90. The van der Waals surface area contributed by atoms with E-state index in [0.29, 0.717) is 6.61 Å². The summed E-state index contributed by atoms with van der Waals surface area (Å²) < 4.78 is 5.49. The van der Waals surface area contributed by atoms with Crippen molar-refractivity contribution in [3.05, 3.63) is 58.2 Å². The Bertz CT molecular complexity index is 1220. The van der Waals surface area contributed by atoms with Crippen LogP contribution in [0.4, 0.5) is 5.82 Å². The van der Waals surface area contributed by atoms with Gasteiger partial charge >= 0.3 is 0 Å². The molecule has 0 bridgehead atoms. The summed E-state index contributed by atoms with van der Waals surface area (Å²) in [6.07, 6.45) is 9.07. The number of carbonyl (C=O) groups excluding carboxylic acids is 1. The lowest BCUT2D eigenvalue weighted by molar-refractivity contribution is 0.0694. The smallest absolute Gasteiger partial charge is 0.264 e. The third kappa shape index (κ3) is 3.14. The summed E-state index contributed by atoms with van der Waals surface area (Å²) in [5.74, 6) is 0.925. The van der Waals surface area contributed by atoms with Crippen molar-refractivity contribution in [1.82, 2.24) is 14.9 Å². The Kier molecular flexibility index (Phi) is 4.77. The molecule has 2 aromatic heterocycles. The molecule has 3 aromatic rings. The van der Waals surface area contributed by atoms with Crippen LogP contribution in [0, 0.1) is 6.92 Å². The topological polar surface area (TPSA) is 67.4 Å². The van der Waals surface area contributed by atoms with Gasteiger partial charge in [-0.1, -0.05) is 36.4 Å². The average molecular weight is 447 g/mol. The van der Waals surface area contributed by atoms with Crippen LogP contribution in [0.2, 0.25) is 0 Å². The summed E-state index contributed by atoms with van der Waals surface area (Å²) in [5.41, 5.74) is 3.78. The molecule has 0 radical (unpaired) electrons. The number of aryl methyl sites for hydroxylation is 1. The Morgan fingerprint density at radius 1 is 1.25 bits per heavy atom.